The van der Waals surface area contributed by atoms with Gasteiger partial charge in [0.15, 0.2) is 0 Å². The molecule has 20 heavy (non-hydrogen) atoms. The minimum Gasteiger partial charge on any atom is -0.292 e. The van der Waals surface area contributed by atoms with E-state index in [4.69, 9.17) is 5.84 Å². The van der Waals surface area contributed by atoms with Crippen LogP contribution in [-0.4, -0.2) is 20.2 Å². The fourth-order valence-corrected chi connectivity index (χ4v) is 1.90. The molecule has 0 aliphatic rings. The number of nitrogen functional groups attached to an aromatic ring is 1. The SMILES string of the molecule is NNc1nccc(-c2cn[nH]c2-c2ccc(F)cc2)n1. The molecule has 0 fully saturated rings. The zero-order chi connectivity index (χ0) is 13.9. The highest BCUT2D eigenvalue weighted by Crippen LogP contribution is 2.29. The van der Waals surface area contributed by atoms with Crippen LogP contribution in [0.25, 0.3) is 22.5 Å². The molecular weight excluding hydrogens is 259 g/mol. The maximum absolute atomic E-state index is 13.0. The lowest BCUT2D eigenvalue weighted by molar-refractivity contribution is 0.628. The Hall–Kier alpha value is -2.80. The predicted molar refractivity (Wildman–Crippen MR) is 72.8 cm³/mol. The Morgan fingerprint density at radius 2 is 1.95 bits per heavy atom. The van der Waals surface area contributed by atoms with Crippen molar-refractivity contribution in [2.24, 2.45) is 5.84 Å². The van der Waals surface area contributed by atoms with E-state index in [0.29, 0.717) is 11.6 Å². The number of aromatic amines is 1. The molecule has 0 aliphatic carbocycles. The van der Waals surface area contributed by atoms with Crippen LogP contribution in [0.5, 0.6) is 0 Å². The van der Waals surface area contributed by atoms with Gasteiger partial charge < -0.3 is 0 Å². The molecule has 0 amide bonds. The largest absolute Gasteiger partial charge is 0.292 e. The minimum atomic E-state index is -0.286. The fourth-order valence-electron chi connectivity index (χ4n) is 1.90. The smallest absolute Gasteiger partial charge is 0.237 e. The molecule has 7 heteroatoms. The molecule has 0 aliphatic heterocycles. The first-order valence-corrected chi connectivity index (χ1v) is 5.87. The van der Waals surface area contributed by atoms with Crippen molar-refractivity contribution < 1.29 is 4.39 Å². The number of aromatic nitrogens is 4. The molecule has 0 saturated heterocycles. The molecule has 2 heterocycles. The lowest BCUT2D eigenvalue weighted by Crippen LogP contribution is -2.10. The maximum atomic E-state index is 13.0. The van der Waals surface area contributed by atoms with Crippen molar-refractivity contribution in [1.29, 1.82) is 0 Å². The van der Waals surface area contributed by atoms with Crippen molar-refractivity contribution >= 4 is 5.95 Å². The number of nitrogens with two attached hydrogens (primary N) is 1. The van der Waals surface area contributed by atoms with Gasteiger partial charge in [-0.05, 0) is 30.3 Å². The molecule has 3 aromatic rings. The van der Waals surface area contributed by atoms with Crippen LogP contribution < -0.4 is 11.3 Å². The third-order valence-electron chi connectivity index (χ3n) is 2.83. The van der Waals surface area contributed by atoms with Gasteiger partial charge in [-0.1, -0.05) is 0 Å². The number of hydrogen-bond donors (Lipinski definition) is 3. The number of halogens is 1. The summed E-state index contributed by atoms with van der Waals surface area (Å²) in [4.78, 5) is 8.21. The Balaban J connectivity index is 2.07. The number of nitrogens with one attached hydrogen (secondary N) is 2. The van der Waals surface area contributed by atoms with Crippen molar-refractivity contribution in [2.45, 2.75) is 0 Å². The number of hydrazine groups is 1. The molecule has 0 unspecified atom stereocenters. The summed E-state index contributed by atoms with van der Waals surface area (Å²) in [6.07, 6.45) is 3.25. The summed E-state index contributed by atoms with van der Waals surface area (Å²) in [5.41, 5.74) is 5.42. The first kappa shape index (κ1) is 12.2. The first-order valence-electron chi connectivity index (χ1n) is 5.87. The summed E-state index contributed by atoms with van der Waals surface area (Å²) in [5.74, 6) is 5.33. The van der Waals surface area contributed by atoms with E-state index >= 15 is 0 Å². The van der Waals surface area contributed by atoms with Gasteiger partial charge in [-0.3, -0.25) is 10.5 Å². The Labute approximate surface area is 113 Å². The second-order valence-corrected chi connectivity index (χ2v) is 4.08. The number of rotatable bonds is 3. The minimum absolute atomic E-state index is 0.286. The van der Waals surface area contributed by atoms with Gasteiger partial charge in [-0.15, -0.1) is 0 Å². The van der Waals surface area contributed by atoms with Crippen molar-refractivity contribution in [3.05, 3.63) is 48.5 Å². The molecule has 4 N–H and O–H groups in total. The highest BCUT2D eigenvalue weighted by Gasteiger charge is 2.11. The Morgan fingerprint density at radius 1 is 1.15 bits per heavy atom. The van der Waals surface area contributed by atoms with Crippen LogP contribution in [0.1, 0.15) is 0 Å². The molecular formula is C13H11FN6. The number of anilines is 1. The average Bonchev–Trinajstić information content (AvgIpc) is 2.97. The van der Waals surface area contributed by atoms with E-state index < -0.39 is 0 Å². The lowest BCUT2D eigenvalue weighted by Gasteiger charge is -2.04. The summed E-state index contributed by atoms with van der Waals surface area (Å²) in [6.45, 7) is 0. The number of nitrogens with zero attached hydrogens (tertiary/aromatic N) is 3. The van der Waals surface area contributed by atoms with E-state index in [2.05, 4.69) is 25.6 Å². The van der Waals surface area contributed by atoms with Crippen LogP contribution in [0, 0.1) is 5.82 Å². The van der Waals surface area contributed by atoms with Crippen molar-refractivity contribution in [3.8, 4) is 22.5 Å². The quantitative estimate of drug-likeness (QED) is 0.499. The van der Waals surface area contributed by atoms with E-state index in [1.165, 1.54) is 12.1 Å². The number of H-pyrrole nitrogens is 1. The van der Waals surface area contributed by atoms with Crippen LogP contribution in [0.15, 0.2) is 42.7 Å². The van der Waals surface area contributed by atoms with E-state index in [1.54, 1.807) is 30.6 Å². The third-order valence-corrected chi connectivity index (χ3v) is 2.83. The number of benzene rings is 1. The van der Waals surface area contributed by atoms with Crippen LogP contribution in [-0.2, 0) is 0 Å². The van der Waals surface area contributed by atoms with E-state index in [9.17, 15) is 4.39 Å². The summed E-state index contributed by atoms with van der Waals surface area (Å²) < 4.78 is 13.0. The van der Waals surface area contributed by atoms with Crippen LogP contribution in [0.3, 0.4) is 0 Å². The van der Waals surface area contributed by atoms with E-state index in [-0.39, 0.29) is 5.82 Å². The standard InChI is InChI=1S/C13H11FN6/c14-9-3-1-8(2-4-9)12-10(7-17-20-12)11-5-6-16-13(18-11)19-15/h1-7H,15H2,(H,17,20)(H,16,18,19). The molecule has 0 saturated carbocycles. The molecule has 0 atom stereocenters. The zero-order valence-corrected chi connectivity index (χ0v) is 10.3. The van der Waals surface area contributed by atoms with Gasteiger partial charge in [0, 0.05) is 17.3 Å². The van der Waals surface area contributed by atoms with Crippen LogP contribution in [0.2, 0.25) is 0 Å². The molecule has 2 aromatic heterocycles. The lowest BCUT2D eigenvalue weighted by atomic mass is 10.1. The van der Waals surface area contributed by atoms with Crippen molar-refractivity contribution in [2.75, 3.05) is 5.43 Å². The van der Waals surface area contributed by atoms with Crippen molar-refractivity contribution in [1.82, 2.24) is 20.2 Å². The fraction of sp³-hybridized carbons (Fsp3) is 0. The van der Waals surface area contributed by atoms with Crippen LogP contribution in [0.4, 0.5) is 10.3 Å². The molecule has 6 nitrogen and oxygen atoms in total. The Morgan fingerprint density at radius 3 is 2.70 bits per heavy atom. The van der Waals surface area contributed by atoms with E-state index in [1.807, 2.05) is 0 Å². The molecule has 0 spiro atoms. The van der Waals surface area contributed by atoms with Gasteiger partial charge in [0.25, 0.3) is 0 Å². The predicted octanol–water partition coefficient (Wildman–Crippen LogP) is 1.96. The monoisotopic (exact) mass is 270 g/mol. The second-order valence-electron chi connectivity index (χ2n) is 4.08. The normalized spacial score (nSPS) is 10.5. The molecule has 0 radical (unpaired) electrons. The van der Waals surface area contributed by atoms with Gasteiger partial charge in [0.05, 0.1) is 17.6 Å². The van der Waals surface area contributed by atoms with Gasteiger partial charge in [-0.2, -0.15) is 5.10 Å². The summed E-state index contributed by atoms with van der Waals surface area (Å²) in [7, 11) is 0. The van der Waals surface area contributed by atoms with Gasteiger partial charge in [-0.25, -0.2) is 20.2 Å². The van der Waals surface area contributed by atoms with Gasteiger partial charge in [0.1, 0.15) is 5.82 Å². The summed E-state index contributed by atoms with van der Waals surface area (Å²) >= 11 is 0. The van der Waals surface area contributed by atoms with Crippen LogP contribution >= 0.6 is 0 Å². The highest BCUT2D eigenvalue weighted by atomic mass is 19.1. The Kier molecular flexibility index (Phi) is 3.10. The average molecular weight is 270 g/mol. The van der Waals surface area contributed by atoms with Crippen molar-refractivity contribution in [3.63, 3.8) is 0 Å². The first-order chi connectivity index (χ1) is 9.78. The molecule has 3 rings (SSSR count). The molecule has 0 bridgehead atoms. The second kappa shape index (κ2) is 5.06. The zero-order valence-electron chi connectivity index (χ0n) is 10.3. The highest BCUT2D eigenvalue weighted by molar-refractivity contribution is 5.78. The molecule has 100 valence electrons. The van der Waals surface area contributed by atoms with E-state index in [0.717, 1.165) is 16.8 Å². The molecule has 1 aromatic carbocycles. The van der Waals surface area contributed by atoms with Gasteiger partial charge >= 0.3 is 0 Å². The maximum Gasteiger partial charge on any atom is 0.237 e. The van der Waals surface area contributed by atoms with Gasteiger partial charge in [0.2, 0.25) is 5.95 Å². The third kappa shape index (κ3) is 2.21. The topological polar surface area (TPSA) is 92.5 Å². The summed E-state index contributed by atoms with van der Waals surface area (Å²) in [5, 5.41) is 6.91. The summed E-state index contributed by atoms with van der Waals surface area (Å²) in [6, 6.07) is 7.89. The Bertz CT molecular complexity index is 722. The number of hydrogen-bond acceptors (Lipinski definition) is 5.